The molecule has 1 aliphatic rings. The van der Waals surface area contributed by atoms with E-state index in [1.807, 2.05) is 0 Å². The number of hydrogen-bond acceptors (Lipinski definition) is 1. The first kappa shape index (κ1) is 12.6. The Morgan fingerprint density at radius 3 is 2.18 bits per heavy atom. The first-order valence-electron chi connectivity index (χ1n) is 6.96. The van der Waals surface area contributed by atoms with Crippen LogP contribution < -0.4 is 5.73 Å². The lowest BCUT2D eigenvalue weighted by Crippen LogP contribution is -2.31. The van der Waals surface area contributed by atoms with Gasteiger partial charge in [0.1, 0.15) is 0 Å². The van der Waals surface area contributed by atoms with Crippen molar-refractivity contribution < 1.29 is 0 Å². The number of nitrogens with two attached hydrogens (primary N) is 1. The molecule has 17 heavy (non-hydrogen) atoms. The van der Waals surface area contributed by atoms with E-state index in [4.69, 9.17) is 5.73 Å². The lowest BCUT2D eigenvalue weighted by molar-refractivity contribution is 0.453. The average molecular weight is 231 g/mol. The predicted octanol–water partition coefficient (Wildman–Crippen LogP) is 3.66. The fourth-order valence-corrected chi connectivity index (χ4v) is 3.13. The Morgan fingerprint density at radius 1 is 1.12 bits per heavy atom. The van der Waals surface area contributed by atoms with Crippen molar-refractivity contribution in [3.05, 3.63) is 35.4 Å². The van der Waals surface area contributed by atoms with Crippen molar-refractivity contribution in [1.29, 1.82) is 0 Å². The van der Waals surface area contributed by atoms with Crippen LogP contribution in [0.3, 0.4) is 0 Å². The Hall–Kier alpha value is -0.820. The quantitative estimate of drug-likeness (QED) is 0.841. The molecular formula is C16H25N. The van der Waals surface area contributed by atoms with Crippen molar-refractivity contribution in [2.45, 2.75) is 51.4 Å². The van der Waals surface area contributed by atoms with Crippen LogP contribution in [-0.4, -0.2) is 6.54 Å². The minimum Gasteiger partial charge on any atom is -0.330 e. The van der Waals surface area contributed by atoms with Gasteiger partial charge in [0.25, 0.3) is 0 Å². The van der Waals surface area contributed by atoms with Gasteiger partial charge < -0.3 is 5.73 Å². The van der Waals surface area contributed by atoms with Crippen molar-refractivity contribution in [1.82, 2.24) is 0 Å². The highest BCUT2D eigenvalue weighted by molar-refractivity contribution is 5.31. The summed E-state index contributed by atoms with van der Waals surface area (Å²) in [5.74, 6) is 0.732. The molecule has 0 heterocycles. The van der Waals surface area contributed by atoms with Crippen molar-refractivity contribution in [3.63, 3.8) is 0 Å². The van der Waals surface area contributed by atoms with E-state index in [-0.39, 0.29) is 5.41 Å². The van der Waals surface area contributed by atoms with Crippen LogP contribution >= 0.6 is 0 Å². The maximum atomic E-state index is 6.02. The normalized spacial score (nSPS) is 18.8. The molecule has 94 valence electrons. The summed E-state index contributed by atoms with van der Waals surface area (Å²) in [6.07, 6.45) is 6.39. The molecule has 0 atom stereocenters. The van der Waals surface area contributed by atoms with E-state index >= 15 is 0 Å². The monoisotopic (exact) mass is 231 g/mol. The van der Waals surface area contributed by atoms with Gasteiger partial charge in [-0.25, -0.2) is 0 Å². The van der Waals surface area contributed by atoms with Crippen LogP contribution in [0.15, 0.2) is 24.3 Å². The largest absolute Gasteiger partial charge is 0.330 e. The SMILES string of the molecule is CC(C)Cc1ccc(C2(CN)CCCC2)cc1. The van der Waals surface area contributed by atoms with Crippen LogP contribution in [0, 0.1) is 5.92 Å². The summed E-state index contributed by atoms with van der Waals surface area (Å²) in [4.78, 5) is 0. The summed E-state index contributed by atoms with van der Waals surface area (Å²) in [6, 6.07) is 9.22. The molecule has 1 nitrogen and oxygen atoms in total. The van der Waals surface area contributed by atoms with E-state index < -0.39 is 0 Å². The van der Waals surface area contributed by atoms with Gasteiger partial charge in [0.05, 0.1) is 0 Å². The Morgan fingerprint density at radius 2 is 1.71 bits per heavy atom. The molecule has 1 fully saturated rings. The van der Waals surface area contributed by atoms with Gasteiger partial charge >= 0.3 is 0 Å². The van der Waals surface area contributed by atoms with E-state index in [9.17, 15) is 0 Å². The summed E-state index contributed by atoms with van der Waals surface area (Å²) in [5.41, 5.74) is 9.22. The Labute approximate surface area is 105 Å². The molecule has 1 heteroatoms. The van der Waals surface area contributed by atoms with Crippen molar-refractivity contribution in [3.8, 4) is 0 Å². The van der Waals surface area contributed by atoms with E-state index in [1.165, 1.54) is 43.2 Å². The van der Waals surface area contributed by atoms with Gasteiger partial charge in [-0.2, -0.15) is 0 Å². The lowest BCUT2D eigenvalue weighted by Gasteiger charge is -2.28. The topological polar surface area (TPSA) is 26.0 Å². The second kappa shape index (κ2) is 5.22. The standard InChI is InChI=1S/C16H25N/c1-13(2)11-14-5-7-15(8-6-14)16(12-17)9-3-4-10-16/h5-8,13H,3-4,9-12,17H2,1-2H3. The van der Waals surface area contributed by atoms with Gasteiger partial charge in [-0.15, -0.1) is 0 Å². The maximum Gasteiger partial charge on any atom is 0.00755 e. The first-order chi connectivity index (χ1) is 8.16. The molecule has 2 N–H and O–H groups in total. The average Bonchev–Trinajstić information content (AvgIpc) is 2.79. The molecule has 2 rings (SSSR count). The van der Waals surface area contributed by atoms with E-state index in [1.54, 1.807) is 0 Å². The van der Waals surface area contributed by atoms with Crippen LogP contribution in [-0.2, 0) is 11.8 Å². The molecule has 0 aliphatic heterocycles. The van der Waals surface area contributed by atoms with E-state index in [0.29, 0.717) is 0 Å². The zero-order chi connectivity index (χ0) is 12.3. The van der Waals surface area contributed by atoms with Crippen LogP contribution in [0.2, 0.25) is 0 Å². The van der Waals surface area contributed by atoms with Gasteiger partial charge in [-0.3, -0.25) is 0 Å². The van der Waals surface area contributed by atoms with Crippen LogP contribution in [0.1, 0.15) is 50.7 Å². The highest BCUT2D eigenvalue weighted by Gasteiger charge is 2.33. The van der Waals surface area contributed by atoms with Crippen LogP contribution in [0.25, 0.3) is 0 Å². The molecule has 0 bridgehead atoms. The van der Waals surface area contributed by atoms with Gasteiger partial charge in [0.15, 0.2) is 0 Å². The lowest BCUT2D eigenvalue weighted by atomic mass is 9.78. The Bertz CT molecular complexity index is 344. The second-order valence-corrected chi connectivity index (χ2v) is 5.99. The minimum atomic E-state index is 0.288. The molecular weight excluding hydrogens is 206 g/mol. The molecule has 1 aromatic rings. The zero-order valence-electron chi connectivity index (χ0n) is 11.2. The fraction of sp³-hybridized carbons (Fsp3) is 0.625. The summed E-state index contributed by atoms with van der Waals surface area (Å²) in [5, 5.41) is 0. The maximum absolute atomic E-state index is 6.02. The van der Waals surface area contributed by atoms with E-state index in [2.05, 4.69) is 38.1 Å². The highest BCUT2D eigenvalue weighted by atomic mass is 14.6. The molecule has 0 radical (unpaired) electrons. The molecule has 0 saturated heterocycles. The number of rotatable bonds is 4. The smallest absolute Gasteiger partial charge is 0.00755 e. The Balaban J connectivity index is 2.16. The number of benzene rings is 1. The molecule has 1 saturated carbocycles. The van der Waals surface area contributed by atoms with Crippen molar-refractivity contribution in [2.75, 3.05) is 6.54 Å². The van der Waals surface area contributed by atoms with Crippen molar-refractivity contribution in [2.24, 2.45) is 11.7 Å². The summed E-state index contributed by atoms with van der Waals surface area (Å²) in [7, 11) is 0. The van der Waals surface area contributed by atoms with E-state index in [0.717, 1.165) is 12.5 Å². The molecule has 0 spiro atoms. The zero-order valence-corrected chi connectivity index (χ0v) is 11.2. The van der Waals surface area contributed by atoms with Gasteiger partial charge in [-0.1, -0.05) is 51.0 Å². The third kappa shape index (κ3) is 2.71. The molecule has 0 aromatic heterocycles. The molecule has 1 aromatic carbocycles. The third-order valence-corrected chi connectivity index (χ3v) is 4.16. The molecule has 1 aliphatic carbocycles. The van der Waals surface area contributed by atoms with Gasteiger partial charge in [0.2, 0.25) is 0 Å². The second-order valence-electron chi connectivity index (χ2n) is 5.99. The van der Waals surface area contributed by atoms with Crippen molar-refractivity contribution >= 4 is 0 Å². The summed E-state index contributed by atoms with van der Waals surface area (Å²) < 4.78 is 0. The third-order valence-electron chi connectivity index (χ3n) is 4.16. The van der Waals surface area contributed by atoms with Crippen LogP contribution in [0.5, 0.6) is 0 Å². The number of hydrogen-bond donors (Lipinski definition) is 1. The summed E-state index contributed by atoms with van der Waals surface area (Å²) in [6.45, 7) is 5.34. The van der Waals surface area contributed by atoms with Gasteiger partial charge in [0, 0.05) is 12.0 Å². The van der Waals surface area contributed by atoms with Gasteiger partial charge in [-0.05, 0) is 36.3 Å². The molecule has 0 unspecified atom stereocenters. The predicted molar refractivity (Wildman–Crippen MR) is 74.2 cm³/mol. The fourth-order valence-electron chi connectivity index (χ4n) is 3.13. The Kier molecular flexibility index (Phi) is 3.88. The molecule has 0 amide bonds. The summed E-state index contributed by atoms with van der Waals surface area (Å²) >= 11 is 0. The minimum absolute atomic E-state index is 0.288. The highest BCUT2D eigenvalue weighted by Crippen LogP contribution is 2.40. The first-order valence-corrected chi connectivity index (χ1v) is 6.96. The van der Waals surface area contributed by atoms with Crippen LogP contribution in [0.4, 0.5) is 0 Å².